The molecule has 0 unspecified atom stereocenters. The summed E-state index contributed by atoms with van der Waals surface area (Å²) in [6, 6.07) is 0. The average Bonchev–Trinajstić information content (AvgIpc) is 2.91. The van der Waals surface area contributed by atoms with E-state index in [0.29, 0.717) is 47.4 Å². The quantitative estimate of drug-likeness (QED) is 0.776. The highest BCUT2D eigenvalue weighted by molar-refractivity contribution is 7.99. The lowest BCUT2D eigenvalue weighted by molar-refractivity contribution is -0.136. The second-order valence-electron chi connectivity index (χ2n) is 9.52. The second-order valence-corrected chi connectivity index (χ2v) is 10.9. The van der Waals surface area contributed by atoms with Gasteiger partial charge in [-0.05, 0) is 61.3 Å². The summed E-state index contributed by atoms with van der Waals surface area (Å²) in [6.07, 6.45) is 8.25. The standard InChI is InChI=1S/C22H30O4S/c1-21-8-5-14(23)11-13(21)12-17(27-10-7-19(25)26)20-15-3-4-18(24)22(15,2)9-6-16(20)21/h11,15-17,20H,3-10,12H2,1-2H3,(H,25,26)/t15-,16-,17+,20-,21-,22-/m0/s1. The number of hydrogen-bond acceptors (Lipinski definition) is 4. The molecule has 4 nitrogen and oxygen atoms in total. The Labute approximate surface area is 165 Å². The van der Waals surface area contributed by atoms with Crippen LogP contribution >= 0.6 is 11.8 Å². The van der Waals surface area contributed by atoms with Gasteiger partial charge in [0.15, 0.2) is 5.78 Å². The summed E-state index contributed by atoms with van der Waals surface area (Å²) in [6.45, 7) is 4.53. The Morgan fingerprint density at radius 3 is 2.63 bits per heavy atom. The molecule has 5 heteroatoms. The van der Waals surface area contributed by atoms with E-state index < -0.39 is 5.97 Å². The predicted molar refractivity (Wildman–Crippen MR) is 106 cm³/mol. The molecule has 148 valence electrons. The van der Waals surface area contributed by atoms with Crippen molar-refractivity contribution in [1.29, 1.82) is 0 Å². The predicted octanol–water partition coefficient (Wildman–Crippen LogP) is 4.27. The van der Waals surface area contributed by atoms with Gasteiger partial charge in [0.2, 0.25) is 0 Å². The van der Waals surface area contributed by atoms with Crippen LogP contribution in [0.15, 0.2) is 11.6 Å². The third-order valence-corrected chi connectivity index (χ3v) is 9.67. The number of carbonyl (C=O) groups is 3. The van der Waals surface area contributed by atoms with Crippen molar-refractivity contribution in [3.8, 4) is 0 Å². The molecule has 0 heterocycles. The molecule has 0 amide bonds. The number of ketones is 2. The van der Waals surface area contributed by atoms with E-state index in [1.165, 1.54) is 5.57 Å². The molecule has 0 aromatic rings. The van der Waals surface area contributed by atoms with E-state index in [1.54, 1.807) is 11.8 Å². The van der Waals surface area contributed by atoms with Crippen LogP contribution in [-0.4, -0.2) is 33.6 Å². The van der Waals surface area contributed by atoms with E-state index in [9.17, 15) is 14.4 Å². The van der Waals surface area contributed by atoms with Gasteiger partial charge in [0, 0.05) is 29.3 Å². The molecule has 0 spiro atoms. The van der Waals surface area contributed by atoms with Crippen LogP contribution in [0, 0.1) is 28.6 Å². The number of thioether (sulfide) groups is 1. The lowest BCUT2D eigenvalue weighted by atomic mass is 9.47. The van der Waals surface area contributed by atoms with Crippen LogP contribution in [0.3, 0.4) is 0 Å². The number of carboxylic acid groups (broad SMARTS) is 1. The van der Waals surface area contributed by atoms with Gasteiger partial charge in [-0.3, -0.25) is 14.4 Å². The average molecular weight is 391 g/mol. The maximum atomic E-state index is 12.7. The number of carboxylic acids is 1. The molecule has 4 aliphatic carbocycles. The summed E-state index contributed by atoms with van der Waals surface area (Å²) in [5.74, 6) is 1.93. The van der Waals surface area contributed by atoms with E-state index in [0.717, 1.165) is 32.1 Å². The third-order valence-electron chi connectivity index (χ3n) is 8.32. The zero-order valence-corrected chi connectivity index (χ0v) is 17.1. The minimum absolute atomic E-state index is 0.0788. The van der Waals surface area contributed by atoms with Gasteiger partial charge in [-0.1, -0.05) is 19.4 Å². The number of carbonyl (C=O) groups excluding carboxylic acids is 2. The van der Waals surface area contributed by atoms with E-state index in [4.69, 9.17) is 5.11 Å². The van der Waals surface area contributed by atoms with E-state index in [1.807, 2.05) is 6.08 Å². The van der Waals surface area contributed by atoms with Crippen molar-refractivity contribution in [1.82, 2.24) is 0 Å². The first-order chi connectivity index (χ1) is 12.8. The van der Waals surface area contributed by atoms with Crippen LogP contribution in [0.1, 0.15) is 65.2 Å². The fourth-order valence-corrected chi connectivity index (χ4v) is 8.23. The van der Waals surface area contributed by atoms with E-state index in [-0.39, 0.29) is 23.0 Å². The van der Waals surface area contributed by atoms with E-state index >= 15 is 0 Å². The van der Waals surface area contributed by atoms with Gasteiger partial charge >= 0.3 is 5.97 Å². The van der Waals surface area contributed by atoms with Gasteiger partial charge in [-0.2, -0.15) is 11.8 Å². The van der Waals surface area contributed by atoms with Crippen LogP contribution in [0.25, 0.3) is 0 Å². The lowest BCUT2D eigenvalue weighted by Gasteiger charge is -2.59. The minimum atomic E-state index is -0.753. The molecular formula is C22H30O4S. The number of Topliss-reactive ketones (excluding diaryl/α,β-unsaturated/α-hetero) is 1. The molecule has 0 aliphatic heterocycles. The summed E-state index contributed by atoms with van der Waals surface area (Å²) in [5, 5.41) is 9.38. The van der Waals surface area contributed by atoms with Crippen molar-refractivity contribution in [2.45, 2.75) is 70.5 Å². The number of allylic oxidation sites excluding steroid dienone is 1. The monoisotopic (exact) mass is 390 g/mol. The van der Waals surface area contributed by atoms with Crippen LogP contribution in [0.2, 0.25) is 0 Å². The first-order valence-corrected chi connectivity index (χ1v) is 11.4. The highest BCUT2D eigenvalue weighted by Crippen LogP contribution is 2.65. The van der Waals surface area contributed by atoms with Gasteiger partial charge in [0.05, 0.1) is 6.42 Å². The Kier molecular flexibility index (Phi) is 4.81. The first kappa shape index (κ1) is 19.2. The molecule has 0 bridgehead atoms. The molecule has 27 heavy (non-hydrogen) atoms. The van der Waals surface area contributed by atoms with Crippen molar-refractivity contribution < 1.29 is 19.5 Å². The molecule has 6 atom stereocenters. The summed E-state index contributed by atoms with van der Waals surface area (Å²) >= 11 is 1.77. The van der Waals surface area contributed by atoms with Crippen LogP contribution in [0.4, 0.5) is 0 Å². The Bertz CT molecular complexity index is 713. The fraction of sp³-hybridized carbons (Fsp3) is 0.773. The molecule has 1 N–H and O–H groups in total. The summed E-state index contributed by atoms with van der Waals surface area (Å²) < 4.78 is 0. The van der Waals surface area contributed by atoms with Gasteiger partial charge in [-0.15, -0.1) is 0 Å². The maximum absolute atomic E-state index is 12.7. The highest BCUT2D eigenvalue weighted by atomic mass is 32.2. The molecular weight excluding hydrogens is 360 g/mol. The number of aliphatic carboxylic acids is 1. The van der Waals surface area contributed by atoms with Crippen molar-refractivity contribution in [2.24, 2.45) is 28.6 Å². The first-order valence-electron chi connectivity index (χ1n) is 10.4. The van der Waals surface area contributed by atoms with Crippen molar-refractivity contribution in [3.63, 3.8) is 0 Å². The SMILES string of the molecule is C[C@]12CCC(=O)C=C1C[C@@H](SCCC(=O)O)[C@@H]1[C@@H]2CC[C@]2(C)C(=O)CC[C@@H]12. The topological polar surface area (TPSA) is 71.4 Å². The minimum Gasteiger partial charge on any atom is -0.481 e. The van der Waals surface area contributed by atoms with Crippen LogP contribution in [0.5, 0.6) is 0 Å². The van der Waals surface area contributed by atoms with Gasteiger partial charge in [0.1, 0.15) is 5.78 Å². The smallest absolute Gasteiger partial charge is 0.304 e. The van der Waals surface area contributed by atoms with Gasteiger partial charge < -0.3 is 5.11 Å². The zero-order valence-electron chi connectivity index (χ0n) is 16.3. The summed E-state index contributed by atoms with van der Waals surface area (Å²) in [4.78, 5) is 35.8. The number of rotatable bonds is 4. The Morgan fingerprint density at radius 1 is 1.15 bits per heavy atom. The van der Waals surface area contributed by atoms with Crippen molar-refractivity contribution >= 4 is 29.3 Å². The van der Waals surface area contributed by atoms with Crippen molar-refractivity contribution in [3.05, 3.63) is 11.6 Å². The second kappa shape index (κ2) is 6.75. The third kappa shape index (κ3) is 3.01. The molecule has 4 rings (SSSR count). The molecule has 0 saturated heterocycles. The lowest BCUT2D eigenvalue weighted by Crippen LogP contribution is -2.54. The fourth-order valence-electron chi connectivity index (χ4n) is 6.74. The molecule has 0 radical (unpaired) electrons. The van der Waals surface area contributed by atoms with Crippen LogP contribution < -0.4 is 0 Å². The van der Waals surface area contributed by atoms with Crippen LogP contribution in [-0.2, 0) is 14.4 Å². The molecule has 3 fully saturated rings. The molecule has 0 aromatic carbocycles. The van der Waals surface area contributed by atoms with E-state index in [2.05, 4.69) is 13.8 Å². The largest absolute Gasteiger partial charge is 0.481 e. The number of fused-ring (bicyclic) bond motifs is 5. The Balaban J connectivity index is 1.68. The highest BCUT2D eigenvalue weighted by Gasteiger charge is 2.61. The normalized spacial score (nSPS) is 43.6. The van der Waals surface area contributed by atoms with Gasteiger partial charge in [0.25, 0.3) is 0 Å². The summed E-state index contributed by atoms with van der Waals surface area (Å²) in [5.41, 5.74) is 1.19. The van der Waals surface area contributed by atoms with Crippen molar-refractivity contribution in [2.75, 3.05) is 5.75 Å². The molecule has 0 aromatic heterocycles. The molecule has 4 aliphatic rings. The summed E-state index contributed by atoms with van der Waals surface area (Å²) in [7, 11) is 0. The Morgan fingerprint density at radius 2 is 1.89 bits per heavy atom. The number of hydrogen-bond donors (Lipinski definition) is 1. The maximum Gasteiger partial charge on any atom is 0.304 e. The Hall–Kier alpha value is -1.10. The molecule has 3 saturated carbocycles. The zero-order chi connectivity index (χ0) is 19.4. The van der Waals surface area contributed by atoms with Gasteiger partial charge in [-0.25, -0.2) is 0 Å².